The number of carbonyl (C=O) groups is 2. The quantitative estimate of drug-likeness (QED) is 0.697. The number of ether oxygens (including phenoxy) is 2. The molecule has 2 aliphatic heterocycles. The molecule has 4 rings (SSSR count). The average Bonchev–Trinajstić information content (AvgIpc) is 3.50. The van der Waals surface area contributed by atoms with Gasteiger partial charge < -0.3 is 19.3 Å². The van der Waals surface area contributed by atoms with Crippen molar-refractivity contribution in [3.8, 4) is 16.9 Å². The molecule has 2 aliphatic rings. The average molecular weight is 437 g/mol. The molecule has 2 heterocycles. The molecule has 2 amide bonds. The first kappa shape index (κ1) is 22.3. The van der Waals surface area contributed by atoms with Crippen molar-refractivity contribution in [1.82, 2.24) is 9.80 Å². The fraction of sp³-hybridized carbons (Fsp3) is 0.462. The lowest BCUT2D eigenvalue weighted by molar-refractivity contribution is -0.142. The van der Waals surface area contributed by atoms with Gasteiger partial charge in [0, 0.05) is 39.4 Å². The second kappa shape index (κ2) is 9.33. The maximum atomic E-state index is 13.3. The zero-order chi connectivity index (χ0) is 22.7. The highest BCUT2D eigenvalue weighted by Crippen LogP contribution is 2.38. The van der Waals surface area contributed by atoms with Gasteiger partial charge in [-0.2, -0.15) is 0 Å². The van der Waals surface area contributed by atoms with Crippen molar-refractivity contribution < 1.29 is 19.1 Å². The van der Waals surface area contributed by atoms with Crippen LogP contribution in [0, 0.1) is 5.41 Å². The van der Waals surface area contributed by atoms with Crippen LogP contribution in [0.2, 0.25) is 0 Å². The Balaban J connectivity index is 1.55. The van der Waals surface area contributed by atoms with E-state index in [-0.39, 0.29) is 17.9 Å². The lowest BCUT2D eigenvalue weighted by atomic mass is 9.79. The van der Waals surface area contributed by atoms with Crippen molar-refractivity contribution in [3.63, 3.8) is 0 Å². The predicted octanol–water partition coefficient (Wildman–Crippen LogP) is 3.39. The molecule has 2 aromatic carbocycles. The Bertz CT molecular complexity index is 966. The highest BCUT2D eigenvalue weighted by atomic mass is 16.5. The molecule has 6 nitrogen and oxygen atoms in total. The van der Waals surface area contributed by atoms with Gasteiger partial charge in [-0.05, 0) is 42.9 Å². The zero-order valence-corrected chi connectivity index (χ0v) is 19.2. The minimum atomic E-state index is -0.607. The van der Waals surface area contributed by atoms with Gasteiger partial charge in [0.1, 0.15) is 11.9 Å². The van der Waals surface area contributed by atoms with Crippen molar-refractivity contribution >= 4 is 11.8 Å². The van der Waals surface area contributed by atoms with Gasteiger partial charge >= 0.3 is 0 Å². The molecule has 0 unspecified atom stereocenters. The van der Waals surface area contributed by atoms with Crippen LogP contribution < -0.4 is 4.74 Å². The van der Waals surface area contributed by atoms with Gasteiger partial charge in [-0.25, -0.2) is 0 Å². The first-order chi connectivity index (χ1) is 15.4. The summed E-state index contributed by atoms with van der Waals surface area (Å²) < 4.78 is 11.1. The second-order valence-electron chi connectivity index (χ2n) is 9.07. The first-order valence-electron chi connectivity index (χ1n) is 11.3. The van der Waals surface area contributed by atoms with Crippen molar-refractivity contribution in [3.05, 3.63) is 54.1 Å². The Labute approximate surface area is 190 Å². The molecule has 32 heavy (non-hydrogen) atoms. The van der Waals surface area contributed by atoms with Gasteiger partial charge in [0.15, 0.2) is 0 Å². The third-order valence-corrected chi connectivity index (χ3v) is 6.64. The first-order valence-corrected chi connectivity index (χ1v) is 11.3. The van der Waals surface area contributed by atoms with Gasteiger partial charge in [-0.15, -0.1) is 0 Å². The number of likely N-dealkylation sites (tertiary alicyclic amines) is 1. The van der Waals surface area contributed by atoms with E-state index in [1.54, 1.807) is 26.1 Å². The van der Waals surface area contributed by atoms with Crippen LogP contribution in [-0.4, -0.2) is 68.6 Å². The molecule has 0 bridgehead atoms. The van der Waals surface area contributed by atoms with E-state index in [1.807, 2.05) is 29.2 Å². The Morgan fingerprint density at radius 1 is 1.16 bits per heavy atom. The van der Waals surface area contributed by atoms with Gasteiger partial charge in [0.05, 0.1) is 12.5 Å². The summed E-state index contributed by atoms with van der Waals surface area (Å²) in [5.41, 5.74) is 2.59. The van der Waals surface area contributed by atoms with Gasteiger partial charge in [0.25, 0.3) is 5.91 Å². The molecular formula is C26H32N2O4. The van der Waals surface area contributed by atoms with Crippen molar-refractivity contribution in [2.24, 2.45) is 5.41 Å². The molecule has 0 spiro atoms. The maximum Gasteiger partial charge on any atom is 0.251 e. The number of amides is 2. The fourth-order valence-corrected chi connectivity index (χ4v) is 4.98. The summed E-state index contributed by atoms with van der Waals surface area (Å²) in [7, 11) is 5.26. The van der Waals surface area contributed by atoms with E-state index in [2.05, 4.69) is 24.3 Å². The number of para-hydroxylation sites is 1. The van der Waals surface area contributed by atoms with E-state index in [9.17, 15) is 9.59 Å². The van der Waals surface area contributed by atoms with Crippen LogP contribution in [0.1, 0.15) is 24.8 Å². The van der Waals surface area contributed by atoms with Crippen LogP contribution >= 0.6 is 0 Å². The van der Waals surface area contributed by atoms with Crippen LogP contribution in [0.15, 0.2) is 48.5 Å². The smallest absolute Gasteiger partial charge is 0.251 e. The largest absolute Gasteiger partial charge is 0.496 e. The molecule has 6 heteroatoms. The highest BCUT2D eigenvalue weighted by molar-refractivity contribution is 5.87. The molecule has 170 valence electrons. The van der Waals surface area contributed by atoms with E-state index < -0.39 is 5.41 Å². The number of benzene rings is 2. The normalized spacial score (nSPS) is 22.7. The summed E-state index contributed by atoms with van der Waals surface area (Å²) in [6, 6.07) is 16.2. The summed E-state index contributed by atoms with van der Waals surface area (Å²) >= 11 is 0. The number of methoxy groups -OCH3 is 1. The Kier molecular flexibility index (Phi) is 6.51. The molecule has 0 N–H and O–H groups in total. The third-order valence-electron chi connectivity index (χ3n) is 6.64. The van der Waals surface area contributed by atoms with Gasteiger partial charge in [-0.3, -0.25) is 9.59 Å². The number of hydrogen-bond donors (Lipinski definition) is 0. The molecule has 0 radical (unpaired) electrons. The number of rotatable bonds is 6. The van der Waals surface area contributed by atoms with Crippen LogP contribution in [0.5, 0.6) is 5.75 Å². The molecular weight excluding hydrogens is 404 g/mol. The molecule has 2 aromatic rings. The highest BCUT2D eigenvalue weighted by Gasteiger charge is 2.47. The Hall–Kier alpha value is -2.86. The zero-order valence-electron chi connectivity index (χ0n) is 19.2. The number of carbonyl (C=O) groups excluding carboxylic acids is 2. The fourth-order valence-electron chi connectivity index (χ4n) is 4.98. The molecule has 0 saturated carbocycles. The lowest BCUT2D eigenvalue weighted by Gasteiger charge is -2.31. The maximum absolute atomic E-state index is 13.3. The number of hydrogen-bond acceptors (Lipinski definition) is 4. The summed E-state index contributed by atoms with van der Waals surface area (Å²) in [6.45, 7) is 1.68. The van der Waals surface area contributed by atoms with Crippen LogP contribution in [-0.2, 0) is 20.7 Å². The monoisotopic (exact) mass is 436 g/mol. The van der Waals surface area contributed by atoms with Crippen LogP contribution in [0.25, 0.3) is 11.1 Å². The topological polar surface area (TPSA) is 59.1 Å². The second-order valence-corrected chi connectivity index (χ2v) is 9.07. The lowest BCUT2D eigenvalue weighted by Crippen LogP contribution is -2.46. The van der Waals surface area contributed by atoms with E-state index in [4.69, 9.17) is 9.47 Å². The standard InChI is InChI=1S/C26H32N2O4/c1-27(2)25(30)26(14-15-28(18-26)24(29)23-9-6-16-32-23)17-19-10-12-20(13-11-19)21-7-4-5-8-22(21)31-3/h4-5,7-8,10-13,23H,6,9,14-18H2,1-3H3/t23-,26+/m1/s1. The molecule has 2 saturated heterocycles. The van der Waals surface area contributed by atoms with E-state index in [0.29, 0.717) is 32.5 Å². The summed E-state index contributed by atoms with van der Waals surface area (Å²) in [5.74, 6) is 0.940. The number of nitrogens with zero attached hydrogens (tertiary/aromatic N) is 2. The SMILES string of the molecule is COc1ccccc1-c1ccc(C[C@@]2(C(=O)N(C)C)CCN(C(=O)[C@H]3CCCO3)C2)cc1. The van der Waals surface area contributed by atoms with Crippen molar-refractivity contribution in [1.29, 1.82) is 0 Å². The van der Waals surface area contributed by atoms with Crippen LogP contribution in [0.4, 0.5) is 0 Å². The minimum absolute atomic E-state index is 0.0300. The summed E-state index contributed by atoms with van der Waals surface area (Å²) in [5, 5.41) is 0. The molecule has 0 aromatic heterocycles. The predicted molar refractivity (Wildman–Crippen MR) is 123 cm³/mol. The Morgan fingerprint density at radius 2 is 1.91 bits per heavy atom. The van der Waals surface area contributed by atoms with Gasteiger partial charge in [-0.1, -0.05) is 42.5 Å². The summed E-state index contributed by atoms with van der Waals surface area (Å²) in [4.78, 5) is 29.7. The molecule has 2 fully saturated rings. The van der Waals surface area contributed by atoms with Crippen molar-refractivity contribution in [2.45, 2.75) is 31.8 Å². The minimum Gasteiger partial charge on any atom is -0.496 e. The van der Waals surface area contributed by atoms with E-state index in [0.717, 1.165) is 35.3 Å². The van der Waals surface area contributed by atoms with Gasteiger partial charge in [0.2, 0.25) is 5.91 Å². The summed E-state index contributed by atoms with van der Waals surface area (Å²) in [6.07, 6.45) is 2.61. The third kappa shape index (κ3) is 4.37. The van der Waals surface area contributed by atoms with E-state index in [1.165, 1.54) is 0 Å². The molecule has 2 atom stereocenters. The van der Waals surface area contributed by atoms with E-state index >= 15 is 0 Å². The Morgan fingerprint density at radius 3 is 2.56 bits per heavy atom. The van der Waals surface area contributed by atoms with Crippen LogP contribution in [0.3, 0.4) is 0 Å². The van der Waals surface area contributed by atoms with Crippen molar-refractivity contribution in [2.75, 3.05) is 40.9 Å². The molecule has 0 aliphatic carbocycles.